The summed E-state index contributed by atoms with van der Waals surface area (Å²) in [5, 5.41) is 8.64. The number of rotatable bonds is 7. The van der Waals surface area contributed by atoms with Crippen molar-refractivity contribution < 1.29 is 19.4 Å². The molecule has 86 valence electrons. The lowest BCUT2D eigenvalue weighted by atomic mass is 10.1. The minimum atomic E-state index is -1.75. The number of carboxylic acid groups (broad SMARTS) is 1. The molecule has 0 bridgehead atoms. The number of carbonyl (C=O) groups is 2. The quantitative estimate of drug-likeness (QED) is 0.480. The molecule has 1 aliphatic heterocycles. The molecular formula is C10H17NO4. The van der Waals surface area contributed by atoms with E-state index in [1.165, 1.54) is 0 Å². The summed E-state index contributed by atoms with van der Waals surface area (Å²) in [6.07, 6.45) is 3.38. The third kappa shape index (κ3) is 2.76. The Hall–Kier alpha value is -0.940. The SMILES string of the molecule is CCCCCCC(=O)C1OC1(N)C(=O)O. The van der Waals surface area contributed by atoms with Crippen LogP contribution in [0, 0.1) is 0 Å². The largest absolute Gasteiger partial charge is 0.478 e. The topological polar surface area (TPSA) is 92.9 Å². The van der Waals surface area contributed by atoms with Crippen molar-refractivity contribution in [1.82, 2.24) is 0 Å². The number of nitrogens with two attached hydrogens (primary N) is 1. The molecule has 1 fully saturated rings. The molecule has 0 aromatic heterocycles. The van der Waals surface area contributed by atoms with Crippen molar-refractivity contribution in [2.24, 2.45) is 5.73 Å². The summed E-state index contributed by atoms with van der Waals surface area (Å²) in [7, 11) is 0. The first kappa shape index (κ1) is 12.1. The van der Waals surface area contributed by atoms with E-state index in [1.54, 1.807) is 0 Å². The molecule has 2 unspecified atom stereocenters. The molecule has 0 saturated carbocycles. The normalized spacial score (nSPS) is 28.8. The molecule has 1 heterocycles. The van der Waals surface area contributed by atoms with Crippen LogP contribution >= 0.6 is 0 Å². The van der Waals surface area contributed by atoms with Crippen molar-refractivity contribution in [3.05, 3.63) is 0 Å². The van der Waals surface area contributed by atoms with Crippen molar-refractivity contribution in [2.45, 2.75) is 50.9 Å². The van der Waals surface area contributed by atoms with Crippen LogP contribution in [0.2, 0.25) is 0 Å². The first-order chi connectivity index (χ1) is 7.02. The number of Topliss-reactive ketones (excluding diaryl/α,β-unsaturated/α-hetero) is 1. The first-order valence-corrected chi connectivity index (χ1v) is 5.25. The molecule has 0 radical (unpaired) electrons. The summed E-state index contributed by atoms with van der Waals surface area (Å²) in [5.41, 5.74) is 3.57. The summed E-state index contributed by atoms with van der Waals surface area (Å²) in [6.45, 7) is 2.08. The van der Waals surface area contributed by atoms with Gasteiger partial charge in [0.25, 0.3) is 5.72 Å². The van der Waals surface area contributed by atoms with Gasteiger partial charge in [0.1, 0.15) is 0 Å². The maximum atomic E-state index is 11.4. The molecule has 0 aliphatic carbocycles. The molecule has 0 aromatic carbocycles. The predicted octanol–water partition coefficient (Wildman–Crippen LogP) is 0.664. The zero-order chi connectivity index (χ0) is 11.5. The maximum absolute atomic E-state index is 11.4. The van der Waals surface area contributed by atoms with Crippen molar-refractivity contribution in [3.63, 3.8) is 0 Å². The third-order valence-corrected chi connectivity index (χ3v) is 2.55. The van der Waals surface area contributed by atoms with Gasteiger partial charge in [0, 0.05) is 6.42 Å². The van der Waals surface area contributed by atoms with E-state index in [9.17, 15) is 9.59 Å². The van der Waals surface area contributed by atoms with Crippen LogP contribution in [0.4, 0.5) is 0 Å². The molecule has 1 rings (SSSR count). The van der Waals surface area contributed by atoms with E-state index in [4.69, 9.17) is 15.6 Å². The fourth-order valence-corrected chi connectivity index (χ4v) is 1.49. The number of ketones is 1. The van der Waals surface area contributed by atoms with Crippen LogP contribution in [-0.2, 0) is 14.3 Å². The second-order valence-electron chi connectivity index (χ2n) is 3.87. The molecule has 15 heavy (non-hydrogen) atoms. The number of ether oxygens (including phenoxy) is 1. The lowest BCUT2D eigenvalue weighted by Crippen LogP contribution is -2.39. The number of carboxylic acids is 1. The predicted molar refractivity (Wildman–Crippen MR) is 53.2 cm³/mol. The van der Waals surface area contributed by atoms with Crippen LogP contribution in [0.3, 0.4) is 0 Å². The highest BCUT2D eigenvalue weighted by Gasteiger charge is 2.63. The van der Waals surface area contributed by atoms with Gasteiger partial charge in [-0.15, -0.1) is 0 Å². The summed E-state index contributed by atoms with van der Waals surface area (Å²) in [5.74, 6) is -1.47. The van der Waals surface area contributed by atoms with Crippen molar-refractivity contribution in [3.8, 4) is 0 Å². The molecule has 5 nitrogen and oxygen atoms in total. The van der Waals surface area contributed by atoms with E-state index >= 15 is 0 Å². The number of unbranched alkanes of at least 4 members (excludes halogenated alkanes) is 3. The molecule has 2 atom stereocenters. The number of epoxide rings is 1. The van der Waals surface area contributed by atoms with E-state index in [0.717, 1.165) is 25.7 Å². The lowest BCUT2D eigenvalue weighted by Gasteiger charge is -1.99. The van der Waals surface area contributed by atoms with Gasteiger partial charge in [0.2, 0.25) is 0 Å². The number of carbonyl (C=O) groups excluding carboxylic acids is 1. The van der Waals surface area contributed by atoms with E-state index in [0.29, 0.717) is 6.42 Å². The maximum Gasteiger partial charge on any atom is 0.354 e. The van der Waals surface area contributed by atoms with Crippen LogP contribution in [0.25, 0.3) is 0 Å². The highest BCUT2D eigenvalue weighted by atomic mass is 16.7. The monoisotopic (exact) mass is 215 g/mol. The van der Waals surface area contributed by atoms with Crippen LogP contribution in [0.1, 0.15) is 39.0 Å². The molecule has 3 N–H and O–H groups in total. The minimum Gasteiger partial charge on any atom is -0.478 e. The van der Waals surface area contributed by atoms with Crippen LogP contribution < -0.4 is 5.73 Å². The first-order valence-electron chi connectivity index (χ1n) is 5.25. The van der Waals surface area contributed by atoms with Gasteiger partial charge in [0.05, 0.1) is 0 Å². The molecule has 1 saturated heterocycles. The average molecular weight is 215 g/mol. The molecular weight excluding hydrogens is 198 g/mol. The number of hydrogen-bond donors (Lipinski definition) is 2. The highest BCUT2D eigenvalue weighted by Crippen LogP contribution is 2.33. The van der Waals surface area contributed by atoms with Crippen LogP contribution in [0.15, 0.2) is 0 Å². The average Bonchev–Trinajstić information content (AvgIpc) is 2.87. The lowest BCUT2D eigenvalue weighted by molar-refractivity contribution is -0.143. The Labute approximate surface area is 88.6 Å². The highest BCUT2D eigenvalue weighted by molar-refractivity contribution is 5.96. The summed E-state index contributed by atoms with van der Waals surface area (Å²) in [6, 6.07) is 0. The van der Waals surface area contributed by atoms with Gasteiger partial charge in [-0.1, -0.05) is 26.2 Å². The fraction of sp³-hybridized carbons (Fsp3) is 0.800. The Morgan fingerprint density at radius 3 is 2.53 bits per heavy atom. The molecule has 0 spiro atoms. The van der Waals surface area contributed by atoms with E-state index < -0.39 is 17.8 Å². The van der Waals surface area contributed by atoms with Gasteiger partial charge in [-0.25, -0.2) is 4.79 Å². The minimum absolute atomic E-state index is 0.198. The van der Waals surface area contributed by atoms with Gasteiger partial charge < -0.3 is 9.84 Å². The van der Waals surface area contributed by atoms with Gasteiger partial charge in [-0.3, -0.25) is 10.5 Å². The van der Waals surface area contributed by atoms with Crippen molar-refractivity contribution in [2.75, 3.05) is 0 Å². The third-order valence-electron chi connectivity index (χ3n) is 2.55. The van der Waals surface area contributed by atoms with Gasteiger partial charge in [0.15, 0.2) is 11.9 Å². The Morgan fingerprint density at radius 2 is 2.07 bits per heavy atom. The van der Waals surface area contributed by atoms with E-state index in [1.807, 2.05) is 0 Å². The molecule has 5 heteroatoms. The Bertz CT molecular complexity index is 266. The van der Waals surface area contributed by atoms with Crippen molar-refractivity contribution in [1.29, 1.82) is 0 Å². The Kier molecular flexibility index (Phi) is 3.82. The van der Waals surface area contributed by atoms with Gasteiger partial charge in [-0.2, -0.15) is 0 Å². The second-order valence-corrected chi connectivity index (χ2v) is 3.87. The Balaban J connectivity index is 2.23. The van der Waals surface area contributed by atoms with Gasteiger partial charge in [-0.05, 0) is 6.42 Å². The van der Waals surface area contributed by atoms with Crippen LogP contribution in [0.5, 0.6) is 0 Å². The van der Waals surface area contributed by atoms with Crippen LogP contribution in [-0.4, -0.2) is 28.7 Å². The molecule has 1 aliphatic rings. The zero-order valence-corrected chi connectivity index (χ0v) is 8.86. The summed E-state index contributed by atoms with van der Waals surface area (Å²) >= 11 is 0. The molecule has 0 amide bonds. The number of hydrogen-bond acceptors (Lipinski definition) is 4. The van der Waals surface area contributed by atoms with Crippen molar-refractivity contribution >= 4 is 11.8 Å². The zero-order valence-electron chi connectivity index (χ0n) is 8.86. The van der Waals surface area contributed by atoms with E-state index in [-0.39, 0.29) is 5.78 Å². The summed E-state index contributed by atoms with van der Waals surface area (Å²) < 4.78 is 4.71. The standard InChI is InChI=1S/C10H17NO4/c1-2-3-4-5-6-7(12)8-10(11,15-8)9(13)14/h8H,2-6,11H2,1H3,(H,13,14). The van der Waals surface area contributed by atoms with Gasteiger partial charge >= 0.3 is 5.97 Å². The smallest absolute Gasteiger partial charge is 0.354 e. The summed E-state index contributed by atoms with van der Waals surface area (Å²) in [4.78, 5) is 22.0. The molecule has 0 aromatic rings. The second kappa shape index (κ2) is 4.72. The fourth-order valence-electron chi connectivity index (χ4n) is 1.49. The number of aliphatic carboxylic acids is 1. The van der Waals surface area contributed by atoms with E-state index in [2.05, 4.69) is 6.92 Å². The Morgan fingerprint density at radius 1 is 1.40 bits per heavy atom.